The summed E-state index contributed by atoms with van der Waals surface area (Å²) in [7, 11) is 0. The van der Waals surface area contributed by atoms with Gasteiger partial charge in [0.1, 0.15) is 24.4 Å². The van der Waals surface area contributed by atoms with E-state index in [1.807, 2.05) is 6.07 Å². The quantitative estimate of drug-likeness (QED) is 0.366. The molecule has 0 radical (unpaired) electrons. The summed E-state index contributed by atoms with van der Waals surface area (Å²) in [6.07, 6.45) is 8.95. The van der Waals surface area contributed by atoms with Crippen molar-refractivity contribution in [2.75, 3.05) is 26.4 Å². The van der Waals surface area contributed by atoms with E-state index in [1.54, 1.807) is 0 Å². The molecule has 198 valence electrons. The van der Waals surface area contributed by atoms with Crippen LogP contribution in [0.5, 0.6) is 0 Å². The molecule has 0 N–H and O–H groups in total. The Labute approximate surface area is 211 Å². The zero-order chi connectivity index (χ0) is 24.3. The van der Waals surface area contributed by atoms with Crippen LogP contribution in [0.4, 0.5) is 0 Å². The number of rotatable bonds is 11. The molecule has 2 heterocycles. The Balaban J connectivity index is 1.55. The minimum atomic E-state index is -0.479. The molecule has 1 saturated carbocycles. The average Bonchev–Trinajstić information content (AvgIpc) is 2.89. The van der Waals surface area contributed by atoms with Crippen molar-refractivity contribution in [3.8, 4) is 0 Å². The smallest absolute Gasteiger partial charge is 0.186 e. The van der Waals surface area contributed by atoms with Gasteiger partial charge in [0, 0.05) is 13.2 Å². The fourth-order valence-electron chi connectivity index (χ4n) is 5.34. The lowest BCUT2D eigenvalue weighted by molar-refractivity contribution is -0.328. The van der Waals surface area contributed by atoms with Gasteiger partial charge in [0.25, 0.3) is 0 Å². The molecule has 4 rings (SSSR count). The van der Waals surface area contributed by atoms with Crippen LogP contribution >= 0.6 is 0 Å². The Morgan fingerprint density at radius 3 is 2.23 bits per heavy atom. The first-order valence-electron chi connectivity index (χ1n) is 14.1. The van der Waals surface area contributed by atoms with Crippen molar-refractivity contribution in [3.63, 3.8) is 0 Å². The third-order valence-electron chi connectivity index (χ3n) is 7.52. The van der Waals surface area contributed by atoms with Crippen LogP contribution in [0.25, 0.3) is 0 Å². The summed E-state index contributed by atoms with van der Waals surface area (Å²) in [5.41, 5.74) is 2.31. The third-order valence-corrected chi connectivity index (χ3v) is 7.52. The monoisotopic (exact) mass is 490 g/mol. The van der Waals surface area contributed by atoms with E-state index in [-0.39, 0.29) is 24.4 Å². The zero-order valence-electron chi connectivity index (χ0n) is 21.8. The minimum Gasteiger partial charge on any atom is -0.374 e. The van der Waals surface area contributed by atoms with E-state index in [0.29, 0.717) is 45.6 Å². The molecule has 2 unspecified atom stereocenters. The van der Waals surface area contributed by atoms with Crippen molar-refractivity contribution in [1.29, 1.82) is 0 Å². The highest BCUT2D eigenvalue weighted by Crippen LogP contribution is 2.33. The highest BCUT2D eigenvalue weighted by Gasteiger charge is 2.49. The van der Waals surface area contributed by atoms with Gasteiger partial charge >= 0.3 is 0 Å². The van der Waals surface area contributed by atoms with Crippen molar-refractivity contribution >= 4 is 0 Å². The SMILES string of the molecule is CCCCO[C@@H]1C2COCc3ccccc3COC1[C@H](OCCCC)[C@H](OCC1CCCCC1)O2. The summed E-state index contributed by atoms with van der Waals surface area (Å²) in [5, 5.41) is 0. The molecule has 1 aromatic rings. The largest absolute Gasteiger partial charge is 0.374 e. The van der Waals surface area contributed by atoms with Gasteiger partial charge in [-0.05, 0) is 42.7 Å². The number of hydrogen-bond donors (Lipinski definition) is 0. The van der Waals surface area contributed by atoms with Gasteiger partial charge < -0.3 is 28.4 Å². The molecule has 0 amide bonds. The van der Waals surface area contributed by atoms with Gasteiger partial charge in [-0.1, -0.05) is 70.2 Å². The predicted molar refractivity (Wildman–Crippen MR) is 135 cm³/mol. The molecule has 0 aromatic heterocycles. The third kappa shape index (κ3) is 7.73. The summed E-state index contributed by atoms with van der Waals surface area (Å²) in [6, 6.07) is 8.33. The van der Waals surface area contributed by atoms with Crippen molar-refractivity contribution in [2.45, 2.75) is 116 Å². The van der Waals surface area contributed by atoms with E-state index < -0.39 is 6.29 Å². The van der Waals surface area contributed by atoms with Crippen LogP contribution in [-0.4, -0.2) is 57.1 Å². The number of fused-ring (bicyclic) bond motifs is 3. The average molecular weight is 491 g/mol. The van der Waals surface area contributed by atoms with Gasteiger partial charge in [-0.3, -0.25) is 0 Å². The van der Waals surface area contributed by atoms with Crippen LogP contribution in [0, 0.1) is 5.92 Å². The first-order chi connectivity index (χ1) is 17.3. The van der Waals surface area contributed by atoms with Gasteiger partial charge in [0.2, 0.25) is 0 Å². The molecule has 5 atom stereocenters. The Kier molecular flexibility index (Phi) is 11.3. The minimum absolute atomic E-state index is 0.257. The molecule has 1 aliphatic carbocycles. The van der Waals surface area contributed by atoms with Crippen molar-refractivity contribution < 1.29 is 28.4 Å². The topological polar surface area (TPSA) is 55.4 Å². The second-order valence-electron chi connectivity index (χ2n) is 10.3. The van der Waals surface area contributed by atoms with Crippen LogP contribution in [-0.2, 0) is 41.6 Å². The number of ether oxygens (including phenoxy) is 6. The highest BCUT2D eigenvalue weighted by molar-refractivity contribution is 5.26. The van der Waals surface area contributed by atoms with Crippen LogP contribution in [0.2, 0.25) is 0 Å². The molecular formula is C29H46O6. The Morgan fingerprint density at radius 1 is 0.829 bits per heavy atom. The fraction of sp³-hybridized carbons (Fsp3) is 0.793. The maximum atomic E-state index is 6.66. The van der Waals surface area contributed by atoms with E-state index in [1.165, 1.54) is 32.1 Å². The van der Waals surface area contributed by atoms with Crippen LogP contribution in [0.3, 0.4) is 0 Å². The van der Waals surface area contributed by atoms with Crippen molar-refractivity contribution in [1.82, 2.24) is 0 Å². The molecule has 6 nitrogen and oxygen atoms in total. The van der Waals surface area contributed by atoms with Gasteiger partial charge in [0.15, 0.2) is 6.29 Å². The van der Waals surface area contributed by atoms with Crippen LogP contribution in [0.15, 0.2) is 24.3 Å². The Hall–Kier alpha value is -1.02. The molecule has 2 fully saturated rings. The van der Waals surface area contributed by atoms with Crippen LogP contribution in [0.1, 0.15) is 82.8 Å². The summed E-state index contributed by atoms with van der Waals surface area (Å²) in [6.45, 7) is 7.87. The number of benzene rings is 1. The standard InChI is InChI=1S/C29H46O6/c1-3-5-16-31-26-25-21-30-19-23-14-10-11-15-24(23)20-33-27(26)28(32-17-6-4-2)29(35-25)34-18-22-12-8-7-9-13-22/h10-11,14-15,22,25-29H,3-9,12-13,16-21H2,1-2H3/t25?,26-,27?,28+,29-/m1/s1. The molecule has 3 aliphatic rings. The Morgan fingerprint density at radius 2 is 1.51 bits per heavy atom. The normalized spacial score (nSPS) is 30.1. The molecule has 6 heteroatoms. The van der Waals surface area contributed by atoms with Gasteiger partial charge in [-0.15, -0.1) is 0 Å². The lowest BCUT2D eigenvalue weighted by Crippen LogP contribution is -2.62. The Bertz CT molecular complexity index is 721. The first-order valence-corrected chi connectivity index (χ1v) is 14.1. The van der Waals surface area contributed by atoms with E-state index in [0.717, 1.165) is 36.8 Å². The lowest BCUT2D eigenvalue weighted by Gasteiger charge is -2.46. The number of unbranched alkanes of at least 4 members (excludes halogenated alkanes) is 2. The highest BCUT2D eigenvalue weighted by atomic mass is 16.7. The number of hydrogen-bond acceptors (Lipinski definition) is 6. The summed E-state index contributed by atoms with van der Waals surface area (Å²) < 4.78 is 38.8. The summed E-state index contributed by atoms with van der Waals surface area (Å²) >= 11 is 0. The van der Waals surface area contributed by atoms with Gasteiger partial charge in [0.05, 0.1) is 26.4 Å². The zero-order valence-corrected chi connectivity index (χ0v) is 21.8. The second kappa shape index (κ2) is 14.7. The lowest BCUT2D eigenvalue weighted by atomic mass is 9.90. The molecule has 2 bridgehead atoms. The van der Waals surface area contributed by atoms with E-state index in [9.17, 15) is 0 Å². The summed E-state index contributed by atoms with van der Waals surface area (Å²) in [5.74, 6) is 0.599. The molecule has 1 aromatic carbocycles. The van der Waals surface area contributed by atoms with E-state index in [2.05, 4.69) is 32.0 Å². The molecular weight excluding hydrogens is 444 g/mol. The molecule has 2 aliphatic heterocycles. The fourth-order valence-corrected chi connectivity index (χ4v) is 5.34. The van der Waals surface area contributed by atoms with Crippen LogP contribution < -0.4 is 0 Å². The van der Waals surface area contributed by atoms with E-state index in [4.69, 9.17) is 28.4 Å². The second-order valence-corrected chi connectivity index (χ2v) is 10.3. The summed E-state index contributed by atoms with van der Waals surface area (Å²) in [4.78, 5) is 0. The van der Waals surface area contributed by atoms with Gasteiger partial charge in [-0.25, -0.2) is 0 Å². The molecule has 0 spiro atoms. The maximum absolute atomic E-state index is 6.66. The molecule has 35 heavy (non-hydrogen) atoms. The predicted octanol–water partition coefficient (Wildman–Crippen LogP) is 5.79. The first kappa shape index (κ1) is 27.0. The maximum Gasteiger partial charge on any atom is 0.186 e. The van der Waals surface area contributed by atoms with Gasteiger partial charge in [-0.2, -0.15) is 0 Å². The molecule has 1 saturated heterocycles. The van der Waals surface area contributed by atoms with Crippen molar-refractivity contribution in [2.24, 2.45) is 5.92 Å². The van der Waals surface area contributed by atoms with E-state index >= 15 is 0 Å². The van der Waals surface area contributed by atoms with Crippen molar-refractivity contribution in [3.05, 3.63) is 35.4 Å².